The van der Waals surface area contributed by atoms with E-state index in [-0.39, 0.29) is 5.78 Å². The number of piperidine rings is 1. The number of nitrogens with zero attached hydrogens (tertiary/aromatic N) is 1. The molecule has 2 fully saturated rings. The summed E-state index contributed by atoms with van der Waals surface area (Å²) in [6.45, 7) is 2.81. The lowest BCUT2D eigenvalue weighted by molar-refractivity contribution is 0.0713. The maximum Gasteiger partial charge on any atom is 0.176 e. The minimum absolute atomic E-state index is 0.251. The molecule has 3 heteroatoms. The molecule has 20 heavy (non-hydrogen) atoms. The normalized spacial score (nSPS) is 27.1. The van der Waals surface area contributed by atoms with Crippen molar-refractivity contribution in [3.8, 4) is 0 Å². The van der Waals surface area contributed by atoms with Gasteiger partial charge in [0.25, 0.3) is 0 Å². The Hall–Kier alpha value is -0.670. The molecule has 0 amide bonds. The highest BCUT2D eigenvalue weighted by atomic mass is 79.9. The van der Waals surface area contributed by atoms with Crippen LogP contribution < -0.4 is 0 Å². The van der Waals surface area contributed by atoms with Gasteiger partial charge < -0.3 is 0 Å². The van der Waals surface area contributed by atoms with E-state index in [9.17, 15) is 4.79 Å². The van der Waals surface area contributed by atoms with Crippen molar-refractivity contribution in [2.75, 3.05) is 19.6 Å². The summed E-state index contributed by atoms with van der Waals surface area (Å²) in [6, 6.07) is 7.74. The van der Waals surface area contributed by atoms with E-state index in [0.29, 0.717) is 6.54 Å². The zero-order chi connectivity index (χ0) is 13.9. The van der Waals surface area contributed by atoms with E-state index in [2.05, 4.69) is 20.8 Å². The van der Waals surface area contributed by atoms with Crippen LogP contribution in [-0.4, -0.2) is 30.3 Å². The third kappa shape index (κ3) is 3.32. The van der Waals surface area contributed by atoms with Crippen molar-refractivity contribution < 1.29 is 4.79 Å². The number of carbonyl (C=O) groups is 1. The Balaban J connectivity index is 1.59. The zero-order valence-corrected chi connectivity index (χ0v) is 13.4. The fraction of sp³-hybridized carbons (Fsp3) is 0.588. The molecule has 0 spiro atoms. The zero-order valence-electron chi connectivity index (χ0n) is 11.9. The maximum atomic E-state index is 12.4. The summed E-state index contributed by atoms with van der Waals surface area (Å²) in [4.78, 5) is 14.7. The van der Waals surface area contributed by atoms with Crippen LogP contribution in [0.4, 0.5) is 0 Å². The van der Waals surface area contributed by atoms with Crippen LogP contribution in [0, 0.1) is 11.8 Å². The average molecular weight is 336 g/mol. The molecule has 1 aromatic carbocycles. The molecular weight excluding hydrogens is 314 g/mol. The lowest BCUT2D eigenvalue weighted by atomic mass is 9.75. The number of ketones is 1. The van der Waals surface area contributed by atoms with Gasteiger partial charge in [-0.05, 0) is 43.4 Å². The van der Waals surface area contributed by atoms with Gasteiger partial charge in [0.15, 0.2) is 5.78 Å². The SMILES string of the molecule is O=C(CN1CCC2CCCCC2C1)c1cccc(Br)c1. The fourth-order valence-electron chi connectivity index (χ4n) is 3.78. The van der Waals surface area contributed by atoms with Crippen LogP contribution in [-0.2, 0) is 0 Å². The van der Waals surface area contributed by atoms with Gasteiger partial charge in [0.1, 0.15) is 0 Å². The van der Waals surface area contributed by atoms with Gasteiger partial charge >= 0.3 is 0 Å². The Morgan fingerprint density at radius 3 is 2.80 bits per heavy atom. The smallest absolute Gasteiger partial charge is 0.176 e. The Kier molecular flexibility index (Phi) is 4.57. The number of benzene rings is 1. The van der Waals surface area contributed by atoms with Crippen LogP contribution >= 0.6 is 15.9 Å². The van der Waals surface area contributed by atoms with Gasteiger partial charge in [-0.25, -0.2) is 0 Å². The highest BCUT2D eigenvalue weighted by Gasteiger charge is 2.31. The van der Waals surface area contributed by atoms with E-state index in [1.54, 1.807) is 0 Å². The van der Waals surface area contributed by atoms with Crippen molar-refractivity contribution in [3.63, 3.8) is 0 Å². The second kappa shape index (κ2) is 6.40. The van der Waals surface area contributed by atoms with Crippen molar-refractivity contribution in [2.45, 2.75) is 32.1 Å². The highest BCUT2D eigenvalue weighted by Crippen LogP contribution is 2.35. The number of hydrogen-bond acceptors (Lipinski definition) is 2. The van der Waals surface area contributed by atoms with Crippen LogP contribution in [0.1, 0.15) is 42.5 Å². The van der Waals surface area contributed by atoms with E-state index in [0.717, 1.165) is 35.0 Å². The van der Waals surface area contributed by atoms with E-state index in [4.69, 9.17) is 0 Å². The van der Waals surface area contributed by atoms with Crippen molar-refractivity contribution in [1.82, 2.24) is 4.90 Å². The van der Waals surface area contributed by atoms with Gasteiger partial charge in [0.2, 0.25) is 0 Å². The average Bonchev–Trinajstić information content (AvgIpc) is 2.47. The molecule has 2 nitrogen and oxygen atoms in total. The van der Waals surface area contributed by atoms with Crippen molar-refractivity contribution in [2.24, 2.45) is 11.8 Å². The molecule has 1 aliphatic carbocycles. The number of likely N-dealkylation sites (tertiary alicyclic amines) is 1. The highest BCUT2D eigenvalue weighted by molar-refractivity contribution is 9.10. The Morgan fingerprint density at radius 1 is 1.20 bits per heavy atom. The van der Waals surface area contributed by atoms with Crippen LogP contribution in [0.3, 0.4) is 0 Å². The number of hydrogen-bond donors (Lipinski definition) is 0. The first kappa shape index (κ1) is 14.3. The molecule has 1 saturated carbocycles. The molecular formula is C17H22BrNO. The Labute approximate surface area is 129 Å². The molecule has 1 aliphatic heterocycles. The molecule has 2 atom stereocenters. The molecule has 108 valence electrons. The minimum Gasteiger partial charge on any atom is -0.296 e. The number of halogens is 1. The van der Waals surface area contributed by atoms with Crippen LogP contribution in [0.15, 0.2) is 28.7 Å². The number of Topliss-reactive ketones (excluding diaryl/α,β-unsaturated/α-hetero) is 1. The largest absolute Gasteiger partial charge is 0.296 e. The van der Waals surface area contributed by atoms with E-state index in [1.807, 2.05) is 24.3 Å². The summed E-state index contributed by atoms with van der Waals surface area (Å²) in [6.07, 6.45) is 6.87. The third-order valence-corrected chi connectivity index (χ3v) is 5.38. The maximum absolute atomic E-state index is 12.4. The second-order valence-electron chi connectivity index (χ2n) is 6.26. The first-order valence-electron chi connectivity index (χ1n) is 7.73. The first-order valence-corrected chi connectivity index (χ1v) is 8.53. The molecule has 2 unspecified atom stereocenters. The predicted octanol–water partition coefficient (Wildman–Crippen LogP) is 4.14. The Morgan fingerprint density at radius 2 is 2.00 bits per heavy atom. The molecule has 0 N–H and O–H groups in total. The summed E-state index contributed by atoms with van der Waals surface area (Å²) in [5.41, 5.74) is 0.824. The Bertz CT molecular complexity index is 488. The summed E-state index contributed by atoms with van der Waals surface area (Å²) < 4.78 is 0.981. The quantitative estimate of drug-likeness (QED) is 0.773. The number of fused-ring (bicyclic) bond motifs is 1. The molecule has 2 aliphatic rings. The molecule has 1 heterocycles. The van der Waals surface area contributed by atoms with E-state index < -0.39 is 0 Å². The van der Waals surface area contributed by atoms with Crippen molar-refractivity contribution in [3.05, 3.63) is 34.3 Å². The molecule has 0 bridgehead atoms. The van der Waals surface area contributed by atoms with Crippen LogP contribution in [0.2, 0.25) is 0 Å². The summed E-state index contributed by atoms with van der Waals surface area (Å²) in [7, 11) is 0. The topological polar surface area (TPSA) is 20.3 Å². The lowest BCUT2D eigenvalue weighted by Gasteiger charge is -2.41. The van der Waals surface area contributed by atoms with Crippen LogP contribution in [0.5, 0.6) is 0 Å². The molecule has 0 radical (unpaired) electrons. The predicted molar refractivity (Wildman–Crippen MR) is 85.0 cm³/mol. The summed E-state index contributed by atoms with van der Waals surface area (Å²) >= 11 is 3.44. The first-order chi connectivity index (χ1) is 9.72. The van der Waals surface area contributed by atoms with Crippen molar-refractivity contribution in [1.29, 1.82) is 0 Å². The van der Waals surface area contributed by atoms with Gasteiger partial charge in [-0.15, -0.1) is 0 Å². The molecule has 3 rings (SSSR count). The minimum atomic E-state index is 0.251. The van der Waals surface area contributed by atoms with Crippen molar-refractivity contribution >= 4 is 21.7 Å². The summed E-state index contributed by atoms with van der Waals surface area (Å²) in [5.74, 6) is 2.02. The van der Waals surface area contributed by atoms with Gasteiger partial charge in [0, 0.05) is 16.6 Å². The van der Waals surface area contributed by atoms with Gasteiger partial charge in [-0.1, -0.05) is 47.3 Å². The van der Waals surface area contributed by atoms with Gasteiger partial charge in [-0.2, -0.15) is 0 Å². The monoisotopic (exact) mass is 335 g/mol. The van der Waals surface area contributed by atoms with E-state index in [1.165, 1.54) is 32.1 Å². The van der Waals surface area contributed by atoms with Gasteiger partial charge in [0.05, 0.1) is 6.54 Å². The van der Waals surface area contributed by atoms with Crippen LogP contribution in [0.25, 0.3) is 0 Å². The van der Waals surface area contributed by atoms with Gasteiger partial charge in [-0.3, -0.25) is 9.69 Å². The lowest BCUT2D eigenvalue weighted by Crippen LogP contribution is -2.43. The third-order valence-electron chi connectivity index (χ3n) is 4.89. The number of rotatable bonds is 3. The second-order valence-corrected chi connectivity index (χ2v) is 7.18. The molecule has 1 saturated heterocycles. The summed E-state index contributed by atoms with van der Waals surface area (Å²) in [5, 5.41) is 0. The standard InChI is InChI=1S/C17H22BrNO/c18-16-7-3-6-14(10-16)17(20)12-19-9-8-13-4-1-2-5-15(13)11-19/h3,6-7,10,13,15H,1-2,4-5,8-9,11-12H2. The number of carbonyl (C=O) groups excluding carboxylic acids is 1. The molecule has 0 aromatic heterocycles. The fourth-order valence-corrected chi connectivity index (χ4v) is 4.18. The van der Waals surface area contributed by atoms with E-state index >= 15 is 0 Å². The molecule has 1 aromatic rings.